The van der Waals surface area contributed by atoms with Gasteiger partial charge in [0.05, 0.1) is 23.2 Å². The van der Waals surface area contributed by atoms with Crippen molar-refractivity contribution in [2.24, 2.45) is 0 Å². The number of fused-ring (bicyclic) bond motifs is 1. The fourth-order valence-electron chi connectivity index (χ4n) is 4.28. The number of methoxy groups -OCH3 is 1. The molecule has 0 aliphatic heterocycles. The number of ether oxygens (including phenoxy) is 1. The molecule has 5 aromatic rings. The molecule has 0 aliphatic carbocycles. The number of hydrogen-bond acceptors (Lipinski definition) is 4. The normalized spacial score (nSPS) is 10.8. The summed E-state index contributed by atoms with van der Waals surface area (Å²) in [6, 6.07) is 31.7. The van der Waals surface area contributed by atoms with Crippen LogP contribution in [0.1, 0.15) is 21.5 Å². The van der Waals surface area contributed by atoms with E-state index >= 15 is 0 Å². The van der Waals surface area contributed by atoms with Gasteiger partial charge in [0.1, 0.15) is 0 Å². The van der Waals surface area contributed by atoms with Crippen LogP contribution in [0, 0.1) is 0 Å². The SMILES string of the molecule is COC(=O)c1cccc(Nc2cccc(-c3c(Cc4ccccc4)cnc4c(Cl)cccc34)c2)c1. The number of carbonyl (C=O) groups excluding carboxylic acids is 1. The Morgan fingerprint density at radius 1 is 0.886 bits per heavy atom. The second-order valence-electron chi connectivity index (χ2n) is 8.24. The molecule has 0 atom stereocenters. The van der Waals surface area contributed by atoms with Crippen molar-refractivity contribution in [1.82, 2.24) is 4.98 Å². The number of nitrogens with zero attached hydrogens (tertiary/aromatic N) is 1. The standard InChI is InChI=1S/C30H23ClN2O2/c1-35-30(34)22-11-6-13-25(18-22)33-24-12-5-10-21(17-24)28-23(16-20-8-3-2-4-9-20)19-32-29-26(28)14-7-15-27(29)31/h2-15,17-19,33H,16H2,1H3. The third-order valence-corrected chi connectivity index (χ3v) is 6.19. The molecule has 5 heteroatoms. The van der Waals surface area contributed by atoms with Gasteiger partial charge in [0.25, 0.3) is 0 Å². The number of pyridine rings is 1. The van der Waals surface area contributed by atoms with E-state index in [1.807, 2.05) is 60.8 Å². The molecule has 0 radical (unpaired) electrons. The van der Waals surface area contributed by atoms with Gasteiger partial charge in [-0.3, -0.25) is 4.98 Å². The third kappa shape index (κ3) is 4.88. The number of benzene rings is 4. The molecule has 0 saturated heterocycles. The van der Waals surface area contributed by atoms with Crippen molar-refractivity contribution < 1.29 is 9.53 Å². The summed E-state index contributed by atoms with van der Waals surface area (Å²) in [6.07, 6.45) is 2.68. The van der Waals surface area contributed by atoms with E-state index < -0.39 is 0 Å². The summed E-state index contributed by atoms with van der Waals surface area (Å²) in [5, 5.41) is 5.05. The highest BCUT2D eigenvalue weighted by Crippen LogP contribution is 2.36. The van der Waals surface area contributed by atoms with Crippen molar-refractivity contribution in [2.45, 2.75) is 6.42 Å². The molecular formula is C30H23ClN2O2. The number of aromatic nitrogens is 1. The van der Waals surface area contributed by atoms with Gasteiger partial charge in [-0.15, -0.1) is 0 Å². The Morgan fingerprint density at radius 3 is 2.43 bits per heavy atom. The Bertz CT molecular complexity index is 1520. The van der Waals surface area contributed by atoms with E-state index in [0.29, 0.717) is 10.6 Å². The first-order valence-electron chi connectivity index (χ1n) is 11.3. The van der Waals surface area contributed by atoms with Crippen molar-refractivity contribution in [3.05, 3.63) is 125 Å². The van der Waals surface area contributed by atoms with Crippen LogP contribution >= 0.6 is 11.6 Å². The minimum atomic E-state index is -0.368. The molecule has 0 fully saturated rings. The van der Waals surface area contributed by atoms with Crippen LogP contribution in [0.5, 0.6) is 0 Å². The zero-order chi connectivity index (χ0) is 24.2. The maximum Gasteiger partial charge on any atom is 0.337 e. The van der Waals surface area contributed by atoms with Crippen LogP contribution in [0.3, 0.4) is 0 Å². The molecule has 0 bridgehead atoms. The van der Waals surface area contributed by atoms with Crippen molar-refractivity contribution >= 4 is 39.8 Å². The van der Waals surface area contributed by atoms with E-state index in [0.717, 1.165) is 45.4 Å². The number of esters is 1. The van der Waals surface area contributed by atoms with Crippen LogP contribution < -0.4 is 5.32 Å². The molecule has 1 heterocycles. The van der Waals surface area contributed by atoms with Gasteiger partial charge in [-0.2, -0.15) is 0 Å². The smallest absolute Gasteiger partial charge is 0.337 e. The van der Waals surface area contributed by atoms with E-state index in [1.165, 1.54) is 12.7 Å². The predicted molar refractivity (Wildman–Crippen MR) is 143 cm³/mol. The number of nitrogens with one attached hydrogen (secondary N) is 1. The predicted octanol–water partition coefficient (Wildman–Crippen LogP) is 7.68. The highest BCUT2D eigenvalue weighted by Gasteiger charge is 2.14. The molecule has 0 amide bonds. The maximum atomic E-state index is 11.9. The Morgan fingerprint density at radius 2 is 1.63 bits per heavy atom. The second-order valence-corrected chi connectivity index (χ2v) is 8.64. The highest BCUT2D eigenvalue weighted by molar-refractivity contribution is 6.35. The Hall–Kier alpha value is -4.15. The molecule has 5 rings (SSSR count). The summed E-state index contributed by atoms with van der Waals surface area (Å²) in [6.45, 7) is 0. The average Bonchev–Trinajstić information content (AvgIpc) is 2.89. The van der Waals surface area contributed by atoms with E-state index in [2.05, 4.69) is 35.6 Å². The van der Waals surface area contributed by atoms with Crippen LogP contribution in [0.15, 0.2) is 103 Å². The van der Waals surface area contributed by atoms with Crippen LogP contribution in [-0.2, 0) is 11.2 Å². The number of carbonyl (C=O) groups is 1. The lowest BCUT2D eigenvalue weighted by Crippen LogP contribution is -2.01. The number of para-hydroxylation sites is 1. The Labute approximate surface area is 209 Å². The molecular weight excluding hydrogens is 456 g/mol. The molecule has 4 aromatic carbocycles. The van der Waals surface area contributed by atoms with E-state index in [9.17, 15) is 4.79 Å². The molecule has 172 valence electrons. The summed E-state index contributed by atoms with van der Waals surface area (Å²) >= 11 is 6.51. The fraction of sp³-hybridized carbons (Fsp3) is 0.0667. The monoisotopic (exact) mass is 478 g/mol. The lowest BCUT2D eigenvalue weighted by Gasteiger charge is -2.15. The summed E-state index contributed by atoms with van der Waals surface area (Å²) in [7, 11) is 1.38. The zero-order valence-corrected chi connectivity index (χ0v) is 19.9. The lowest BCUT2D eigenvalue weighted by molar-refractivity contribution is 0.0601. The quantitative estimate of drug-likeness (QED) is 0.254. The zero-order valence-electron chi connectivity index (χ0n) is 19.2. The molecule has 1 N–H and O–H groups in total. The summed E-state index contributed by atoms with van der Waals surface area (Å²) in [5.41, 5.74) is 7.48. The summed E-state index contributed by atoms with van der Waals surface area (Å²) < 4.78 is 4.85. The largest absolute Gasteiger partial charge is 0.465 e. The first-order chi connectivity index (χ1) is 17.1. The summed E-state index contributed by atoms with van der Waals surface area (Å²) in [4.78, 5) is 16.6. The topological polar surface area (TPSA) is 51.2 Å². The van der Waals surface area contributed by atoms with Gasteiger partial charge in [0.2, 0.25) is 0 Å². The van der Waals surface area contributed by atoms with Gasteiger partial charge in [0, 0.05) is 23.0 Å². The molecule has 0 aliphatic rings. The van der Waals surface area contributed by atoms with Gasteiger partial charge < -0.3 is 10.1 Å². The second kappa shape index (κ2) is 10.00. The minimum Gasteiger partial charge on any atom is -0.465 e. The molecule has 0 saturated carbocycles. The van der Waals surface area contributed by atoms with Gasteiger partial charge in [-0.1, -0.05) is 72.3 Å². The number of rotatable bonds is 6. The first-order valence-corrected chi connectivity index (χ1v) is 11.7. The Kier molecular flexibility index (Phi) is 6.47. The van der Waals surface area contributed by atoms with Crippen LogP contribution in [0.4, 0.5) is 11.4 Å². The first kappa shape index (κ1) is 22.6. The molecule has 0 unspecified atom stereocenters. The van der Waals surface area contributed by atoms with Crippen LogP contribution in [-0.4, -0.2) is 18.1 Å². The van der Waals surface area contributed by atoms with Crippen molar-refractivity contribution in [2.75, 3.05) is 12.4 Å². The maximum absolute atomic E-state index is 11.9. The summed E-state index contributed by atoms with van der Waals surface area (Å²) in [5.74, 6) is -0.368. The fourth-order valence-corrected chi connectivity index (χ4v) is 4.50. The molecule has 1 aromatic heterocycles. The van der Waals surface area contributed by atoms with Gasteiger partial charge in [-0.25, -0.2) is 4.79 Å². The van der Waals surface area contributed by atoms with Gasteiger partial charge in [-0.05, 0) is 65.1 Å². The minimum absolute atomic E-state index is 0.368. The van der Waals surface area contributed by atoms with E-state index in [1.54, 1.807) is 12.1 Å². The van der Waals surface area contributed by atoms with Crippen LogP contribution in [0.25, 0.3) is 22.0 Å². The van der Waals surface area contributed by atoms with Crippen molar-refractivity contribution in [1.29, 1.82) is 0 Å². The number of halogens is 1. The molecule has 0 spiro atoms. The number of anilines is 2. The van der Waals surface area contributed by atoms with E-state index in [-0.39, 0.29) is 5.97 Å². The van der Waals surface area contributed by atoms with Crippen molar-refractivity contribution in [3.8, 4) is 11.1 Å². The van der Waals surface area contributed by atoms with Crippen LogP contribution in [0.2, 0.25) is 5.02 Å². The third-order valence-electron chi connectivity index (χ3n) is 5.89. The number of hydrogen-bond donors (Lipinski definition) is 1. The highest BCUT2D eigenvalue weighted by atomic mass is 35.5. The molecule has 35 heavy (non-hydrogen) atoms. The average molecular weight is 479 g/mol. The van der Waals surface area contributed by atoms with Gasteiger partial charge in [0.15, 0.2) is 0 Å². The van der Waals surface area contributed by atoms with Crippen molar-refractivity contribution in [3.63, 3.8) is 0 Å². The lowest BCUT2D eigenvalue weighted by atomic mass is 9.92. The Balaban J connectivity index is 1.58. The molecule has 4 nitrogen and oxygen atoms in total. The van der Waals surface area contributed by atoms with E-state index in [4.69, 9.17) is 21.3 Å². The van der Waals surface area contributed by atoms with Gasteiger partial charge >= 0.3 is 5.97 Å².